The SMILES string of the molecule is C=CCN(Cc1ccccc1)C(=O)NC1CCCc2occc21. The minimum Gasteiger partial charge on any atom is -0.469 e. The van der Waals surface area contributed by atoms with Crippen molar-refractivity contribution in [2.24, 2.45) is 0 Å². The summed E-state index contributed by atoms with van der Waals surface area (Å²) in [5.74, 6) is 1.000. The molecule has 3 rings (SSSR count). The van der Waals surface area contributed by atoms with E-state index in [1.165, 1.54) is 0 Å². The lowest BCUT2D eigenvalue weighted by Gasteiger charge is -2.27. The molecule has 4 heteroatoms. The number of furan rings is 1. The third-order valence-corrected chi connectivity index (χ3v) is 4.20. The summed E-state index contributed by atoms with van der Waals surface area (Å²) in [4.78, 5) is 14.4. The van der Waals surface area contributed by atoms with Gasteiger partial charge in [-0.15, -0.1) is 6.58 Å². The van der Waals surface area contributed by atoms with E-state index in [2.05, 4.69) is 11.9 Å². The van der Waals surface area contributed by atoms with Crippen LogP contribution in [0.2, 0.25) is 0 Å². The predicted octanol–water partition coefficient (Wildman–Crippen LogP) is 4.05. The highest BCUT2D eigenvalue weighted by molar-refractivity contribution is 5.75. The van der Waals surface area contributed by atoms with Crippen LogP contribution in [-0.4, -0.2) is 17.5 Å². The molecule has 2 aromatic rings. The van der Waals surface area contributed by atoms with Crippen molar-refractivity contribution in [3.63, 3.8) is 0 Å². The van der Waals surface area contributed by atoms with Gasteiger partial charge >= 0.3 is 6.03 Å². The molecule has 1 atom stereocenters. The van der Waals surface area contributed by atoms with Crippen molar-refractivity contribution < 1.29 is 9.21 Å². The molecule has 0 saturated heterocycles. The summed E-state index contributed by atoms with van der Waals surface area (Å²) in [5.41, 5.74) is 2.22. The van der Waals surface area contributed by atoms with E-state index in [4.69, 9.17) is 4.42 Å². The molecule has 1 aliphatic carbocycles. The smallest absolute Gasteiger partial charge is 0.318 e. The van der Waals surface area contributed by atoms with Crippen LogP contribution in [0.1, 0.15) is 35.8 Å². The van der Waals surface area contributed by atoms with E-state index >= 15 is 0 Å². The Balaban J connectivity index is 1.69. The maximum atomic E-state index is 12.7. The minimum atomic E-state index is -0.0622. The molecule has 2 amide bonds. The van der Waals surface area contributed by atoms with E-state index in [1.807, 2.05) is 36.4 Å². The maximum absolute atomic E-state index is 12.7. The Morgan fingerprint density at radius 1 is 1.35 bits per heavy atom. The first kappa shape index (κ1) is 15.4. The average Bonchev–Trinajstić information content (AvgIpc) is 3.05. The van der Waals surface area contributed by atoms with Crippen LogP contribution >= 0.6 is 0 Å². The summed E-state index contributed by atoms with van der Waals surface area (Å²) in [5, 5.41) is 3.15. The molecule has 23 heavy (non-hydrogen) atoms. The third kappa shape index (κ3) is 3.65. The lowest BCUT2D eigenvalue weighted by atomic mass is 9.93. The van der Waals surface area contributed by atoms with Gasteiger partial charge in [0, 0.05) is 25.1 Å². The van der Waals surface area contributed by atoms with Crippen LogP contribution in [-0.2, 0) is 13.0 Å². The Kier molecular flexibility index (Phi) is 4.81. The van der Waals surface area contributed by atoms with Gasteiger partial charge < -0.3 is 14.6 Å². The van der Waals surface area contributed by atoms with E-state index < -0.39 is 0 Å². The fourth-order valence-corrected chi connectivity index (χ4v) is 3.06. The molecule has 0 radical (unpaired) electrons. The fourth-order valence-electron chi connectivity index (χ4n) is 3.06. The number of nitrogens with zero attached hydrogens (tertiary/aromatic N) is 1. The normalized spacial score (nSPS) is 16.4. The van der Waals surface area contributed by atoms with Crippen LogP contribution in [0, 0.1) is 0 Å². The molecule has 0 bridgehead atoms. The molecular weight excluding hydrogens is 288 g/mol. The number of carbonyl (C=O) groups excluding carboxylic acids is 1. The topological polar surface area (TPSA) is 45.5 Å². The number of fused-ring (bicyclic) bond motifs is 1. The molecule has 0 fully saturated rings. The molecular formula is C19H22N2O2. The average molecular weight is 310 g/mol. The molecule has 1 aliphatic rings. The van der Waals surface area contributed by atoms with Crippen LogP contribution in [0.15, 0.2) is 59.7 Å². The number of benzene rings is 1. The van der Waals surface area contributed by atoms with Gasteiger partial charge in [0.1, 0.15) is 5.76 Å². The van der Waals surface area contributed by atoms with Crippen LogP contribution < -0.4 is 5.32 Å². The number of nitrogens with one attached hydrogen (secondary N) is 1. The summed E-state index contributed by atoms with van der Waals surface area (Å²) < 4.78 is 5.49. The Morgan fingerprint density at radius 2 is 2.17 bits per heavy atom. The zero-order chi connectivity index (χ0) is 16.1. The molecule has 1 unspecified atom stereocenters. The van der Waals surface area contributed by atoms with Gasteiger partial charge in [0.2, 0.25) is 0 Å². The number of amides is 2. The quantitative estimate of drug-likeness (QED) is 0.847. The lowest BCUT2D eigenvalue weighted by molar-refractivity contribution is 0.195. The zero-order valence-corrected chi connectivity index (χ0v) is 13.2. The Bertz CT molecular complexity index is 663. The number of rotatable bonds is 5. The molecule has 1 heterocycles. The Hall–Kier alpha value is -2.49. The van der Waals surface area contributed by atoms with Gasteiger partial charge in [-0.25, -0.2) is 4.79 Å². The van der Waals surface area contributed by atoms with E-state index in [1.54, 1.807) is 17.2 Å². The first-order chi connectivity index (χ1) is 11.3. The monoisotopic (exact) mass is 310 g/mol. The summed E-state index contributed by atoms with van der Waals surface area (Å²) >= 11 is 0. The second kappa shape index (κ2) is 7.18. The predicted molar refractivity (Wildman–Crippen MR) is 90.0 cm³/mol. The van der Waals surface area contributed by atoms with Crippen molar-refractivity contribution in [1.29, 1.82) is 0 Å². The van der Waals surface area contributed by atoms with Gasteiger partial charge in [-0.05, 0) is 24.5 Å². The minimum absolute atomic E-state index is 0.0353. The molecule has 120 valence electrons. The second-order valence-electron chi connectivity index (χ2n) is 5.85. The van der Waals surface area contributed by atoms with Gasteiger partial charge in [0.05, 0.1) is 12.3 Å². The van der Waals surface area contributed by atoms with Gasteiger partial charge in [0.25, 0.3) is 0 Å². The van der Waals surface area contributed by atoms with Gasteiger partial charge in [-0.3, -0.25) is 0 Å². The van der Waals surface area contributed by atoms with Gasteiger partial charge in [0.15, 0.2) is 0 Å². The fraction of sp³-hybridized carbons (Fsp3) is 0.316. The van der Waals surface area contributed by atoms with Crippen molar-refractivity contribution in [2.75, 3.05) is 6.54 Å². The molecule has 0 saturated carbocycles. The number of hydrogen-bond acceptors (Lipinski definition) is 2. The third-order valence-electron chi connectivity index (χ3n) is 4.20. The van der Waals surface area contributed by atoms with Crippen LogP contribution in [0.3, 0.4) is 0 Å². The number of carbonyl (C=O) groups is 1. The first-order valence-corrected chi connectivity index (χ1v) is 8.04. The van der Waals surface area contributed by atoms with Crippen molar-refractivity contribution >= 4 is 6.03 Å². The second-order valence-corrected chi connectivity index (χ2v) is 5.85. The highest BCUT2D eigenvalue weighted by Gasteiger charge is 2.25. The molecule has 0 spiro atoms. The van der Waals surface area contributed by atoms with Crippen molar-refractivity contribution in [3.05, 3.63) is 72.2 Å². The zero-order valence-electron chi connectivity index (χ0n) is 13.2. The van der Waals surface area contributed by atoms with E-state index in [-0.39, 0.29) is 12.1 Å². The molecule has 1 N–H and O–H groups in total. The van der Waals surface area contributed by atoms with Gasteiger partial charge in [-0.2, -0.15) is 0 Å². The number of hydrogen-bond donors (Lipinski definition) is 1. The Morgan fingerprint density at radius 3 is 2.96 bits per heavy atom. The molecule has 0 aliphatic heterocycles. The first-order valence-electron chi connectivity index (χ1n) is 8.04. The van der Waals surface area contributed by atoms with E-state index in [9.17, 15) is 4.79 Å². The summed E-state index contributed by atoms with van der Waals surface area (Å²) in [6, 6.07) is 11.9. The Labute approximate surface area is 136 Å². The van der Waals surface area contributed by atoms with Crippen LogP contribution in [0.4, 0.5) is 4.79 Å². The summed E-state index contributed by atoms with van der Waals surface area (Å²) in [6.45, 7) is 4.85. The maximum Gasteiger partial charge on any atom is 0.318 e. The number of urea groups is 1. The molecule has 1 aromatic carbocycles. The number of aryl methyl sites for hydroxylation is 1. The van der Waals surface area contributed by atoms with E-state index in [0.717, 1.165) is 36.1 Å². The van der Waals surface area contributed by atoms with Crippen molar-refractivity contribution in [1.82, 2.24) is 10.2 Å². The van der Waals surface area contributed by atoms with E-state index in [0.29, 0.717) is 13.1 Å². The van der Waals surface area contributed by atoms with Crippen molar-refractivity contribution in [2.45, 2.75) is 31.8 Å². The summed E-state index contributed by atoms with van der Waals surface area (Å²) in [6.07, 6.45) is 6.40. The molecule has 4 nitrogen and oxygen atoms in total. The standard InChI is InChI=1S/C19H22N2O2/c1-2-12-21(14-15-7-4-3-5-8-15)19(22)20-17-9-6-10-18-16(17)11-13-23-18/h2-5,7-8,11,13,17H,1,6,9-10,12,14H2,(H,20,22). The highest BCUT2D eigenvalue weighted by atomic mass is 16.3. The highest BCUT2D eigenvalue weighted by Crippen LogP contribution is 2.30. The molecule has 1 aromatic heterocycles. The largest absolute Gasteiger partial charge is 0.469 e. The van der Waals surface area contributed by atoms with Crippen molar-refractivity contribution in [3.8, 4) is 0 Å². The van der Waals surface area contributed by atoms with Gasteiger partial charge in [-0.1, -0.05) is 36.4 Å². The summed E-state index contributed by atoms with van der Waals surface area (Å²) in [7, 11) is 0. The lowest BCUT2D eigenvalue weighted by Crippen LogP contribution is -2.42. The van der Waals surface area contributed by atoms with Crippen LogP contribution in [0.5, 0.6) is 0 Å². The van der Waals surface area contributed by atoms with Crippen LogP contribution in [0.25, 0.3) is 0 Å².